The molecule has 108 valence electrons. The van der Waals surface area contributed by atoms with E-state index in [1.807, 2.05) is 0 Å². The van der Waals surface area contributed by atoms with E-state index in [0.717, 1.165) is 38.6 Å². The van der Waals surface area contributed by atoms with Crippen molar-refractivity contribution in [1.29, 1.82) is 0 Å². The van der Waals surface area contributed by atoms with Gasteiger partial charge in [-0.15, -0.1) is 0 Å². The molecule has 2 atom stereocenters. The van der Waals surface area contributed by atoms with Crippen LogP contribution in [-0.2, 0) is 9.59 Å². The number of carbonyl (C=O) groups excluding carboxylic acids is 1. The molecule has 0 radical (unpaired) electrons. The van der Waals surface area contributed by atoms with E-state index in [1.165, 1.54) is 0 Å². The highest BCUT2D eigenvalue weighted by Crippen LogP contribution is 2.43. The molecular formula is C14H24N2O3. The number of carbonyl (C=O) groups is 2. The Labute approximate surface area is 114 Å². The maximum Gasteiger partial charge on any atom is 0.303 e. The highest BCUT2D eigenvalue weighted by molar-refractivity contribution is 5.79. The zero-order valence-corrected chi connectivity index (χ0v) is 11.6. The van der Waals surface area contributed by atoms with E-state index < -0.39 is 5.97 Å². The SMILES string of the molecule is CC1CC(C(=O)NCC2(CC(=O)O)CCC2)CCN1. The molecular weight excluding hydrogens is 244 g/mol. The van der Waals surface area contributed by atoms with Gasteiger partial charge in [0.05, 0.1) is 6.42 Å². The molecule has 19 heavy (non-hydrogen) atoms. The van der Waals surface area contributed by atoms with Crippen molar-refractivity contribution in [2.24, 2.45) is 11.3 Å². The first-order valence-corrected chi connectivity index (χ1v) is 7.24. The fourth-order valence-electron chi connectivity index (χ4n) is 3.20. The molecule has 5 nitrogen and oxygen atoms in total. The molecule has 0 aromatic rings. The first-order valence-electron chi connectivity index (χ1n) is 7.24. The summed E-state index contributed by atoms with van der Waals surface area (Å²) in [6.45, 7) is 3.51. The molecule has 1 saturated carbocycles. The number of hydrogen-bond donors (Lipinski definition) is 3. The van der Waals surface area contributed by atoms with Gasteiger partial charge in [0.2, 0.25) is 5.91 Å². The number of carboxylic acids is 1. The largest absolute Gasteiger partial charge is 0.481 e. The minimum absolute atomic E-state index is 0.0817. The smallest absolute Gasteiger partial charge is 0.303 e. The molecule has 2 fully saturated rings. The summed E-state index contributed by atoms with van der Waals surface area (Å²) >= 11 is 0. The molecule has 2 aliphatic rings. The number of carboxylic acid groups (broad SMARTS) is 1. The van der Waals surface area contributed by atoms with E-state index in [0.29, 0.717) is 12.6 Å². The van der Waals surface area contributed by atoms with Crippen LogP contribution < -0.4 is 10.6 Å². The lowest BCUT2D eigenvalue weighted by atomic mass is 9.66. The van der Waals surface area contributed by atoms with Gasteiger partial charge in [-0.05, 0) is 44.6 Å². The van der Waals surface area contributed by atoms with Crippen LogP contribution in [0.1, 0.15) is 45.4 Å². The predicted molar refractivity (Wildman–Crippen MR) is 71.7 cm³/mol. The van der Waals surface area contributed by atoms with Crippen LogP contribution in [0.2, 0.25) is 0 Å². The summed E-state index contributed by atoms with van der Waals surface area (Å²) in [5.41, 5.74) is -0.181. The number of aliphatic carboxylic acids is 1. The van der Waals surface area contributed by atoms with E-state index in [2.05, 4.69) is 17.6 Å². The zero-order chi connectivity index (χ0) is 13.9. The zero-order valence-electron chi connectivity index (χ0n) is 11.6. The summed E-state index contributed by atoms with van der Waals surface area (Å²) in [7, 11) is 0. The second-order valence-corrected chi connectivity index (χ2v) is 6.22. The van der Waals surface area contributed by atoms with Crippen molar-refractivity contribution in [3.05, 3.63) is 0 Å². The third-order valence-corrected chi connectivity index (χ3v) is 4.57. The van der Waals surface area contributed by atoms with Crippen molar-refractivity contribution in [3.8, 4) is 0 Å². The average Bonchev–Trinajstić information content (AvgIpc) is 2.31. The first-order chi connectivity index (χ1) is 9.01. The average molecular weight is 268 g/mol. The lowest BCUT2D eigenvalue weighted by Crippen LogP contribution is -2.47. The van der Waals surface area contributed by atoms with E-state index in [9.17, 15) is 9.59 Å². The molecule has 0 aromatic heterocycles. The van der Waals surface area contributed by atoms with Crippen LogP contribution in [0.25, 0.3) is 0 Å². The minimum Gasteiger partial charge on any atom is -0.481 e. The summed E-state index contributed by atoms with van der Waals surface area (Å²) in [6, 6.07) is 0.390. The molecule has 1 aliphatic carbocycles. The van der Waals surface area contributed by atoms with Crippen molar-refractivity contribution in [2.75, 3.05) is 13.1 Å². The lowest BCUT2D eigenvalue weighted by Gasteiger charge is -2.41. The second-order valence-electron chi connectivity index (χ2n) is 6.22. The third kappa shape index (κ3) is 3.69. The number of rotatable bonds is 5. The van der Waals surface area contributed by atoms with Gasteiger partial charge in [0.15, 0.2) is 0 Å². The van der Waals surface area contributed by atoms with Gasteiger partial charge < -0.3 is 15.7 Å². The fraction of sp³-hybridized carbons (Fsp3) is 0.857. The maximum atomic E-state index is 12.1. The van der Waals surface area contributed by atoms with Crippen molar-refractivity contribution >= 4 is 11.9 Å². The summed E-state index contributed by atoms with van der Waals surface area (Å²) in [4.78, 5) is 23.0. The fourth-order valence-corrected chi connectivity index (χ4v) is 3.20. The van der Waals surface area contributed by atoms with Gasteiger partial charge >= 0.3 is 5.97 Å². The molecule has 1 amide bonds. The second kappa shape index (κ2) is 5.90. The first kappa shape index (κ1) is 14.3. The van der Waals surface area contributed by atoms with Crippen LogP contribution in [-0.4, -0.2) is 36.1 Å². The van der Waals surface area contributed by atoms with Gasteiger partial charge in [0.1, 0.15) is 0 Å². The Kier molecular flexibility index (Phi) is 4.45. The van der Waals surface area contributed by atoms with E-state index in [1.54, 1.807) is 0 Å². The van der Waals surface area contributed by atoms with Crippen LogP contribution in [0, 0.1) is 11.3 Å². The van der Waals surface area contributed by atoms with E-state index in [4.69, 9.17) is 5.11 Å². The van der Waals surface area contributed by atoms with Crippen molar-refractivity contribution < 1.29 is 14.7 Å². The Hall–Kier alpha value is -1.10. The topological polar surface area (TPSA) is 78.4 Å². The van der Waals surface area contributed by atoms with Crippen molar-refractivity contribution in [1.82, 2.24) is 10.6 Å². The molecule has 3 N–H and O–H groups in total. The molecule has 2 rings (SSSR count). The van der Waals surface area contributed by atoms with Crippen LogP contribution >= 0.6 is 0 Å². The predicted octanol–water partition coefficient (Wildman–Crippen LogP) is 1.14. The molecule has 2 unspecified atom stereocenters. The monoisotopic (exact) mass is 268 g/mol. The Bertz CT molecular complexity index is 353. The Balaban J connectivity index is 1.80. The quantitative estimate of drug-likeness (QED) is 0.698. The Morgan fingerprint density at radius 2 is 2.16 bits per heavy atom. The van der Waals surface area contributed by atoms with Crippen LogP contribution in [0.5, 0.6) is 0 Å². The highest BCUT2D eigenvalue weighted by Gasteiger charge is 2.39. The summed E-state index contributed by atoms with van der Waals surface area (Å²) in [5, 5.41) is 15.3. The van der Waals surface area contributed by atoms with E-state index >= 15 is 0 Å². The molecule has 5 heteroatoms. The Morgan fingerprint density at radius 3 is 2.68 bits per heavy atom. The maximum absolute atomic E-state index is 12.1. The molecule has 0 aromatic carbocycles. The van der Waals surface area contributed by atoms with Gasteiger partial charge in [0.25, 0.3) is 0 Å². The van der Waals surface area contributed by atoms with E-state index in [-0.39, 0.29) is 23.7 Å². The van der Waals surface area contributed by atoms with Crippen LogP contribution in [0.4, 0.5) is 0 Å². The summed E-state index contributed by atoms with van der Waals surface area (Å²) in [6.07, 6.45) is 4.84. The molecule has 0 bridgehead atoms. The number of amides is 1. The van der Waals surface area contributed by atoms with Gasteiger partial charge in [-0.25, -0.2) is 0 Å². The standard InChI is InChI=1S/C14H24N2O3/c1-10-7-11(3-6-15-10)13(19)16-9-14(4-2-5-14)8-12(17)18/h10-11,15H,2-9H2,1H3,(H,16,19)(H,17,18). The van der Waals surface area contributed by atoms with Gasteiger partial charge in [-0.3, -0.25) is 9.59 Å². The minimum atomic E-state index is -0.760. The Morgan fingerprint density at radius 1 is 1.42 bits per heavy atom. The van der Waals surface area contributed by atoms with Crippen LogP contribution in [0.3, 0.4) is 0 Å². The van der Waals surface area contributed by atoms with Gasteiger partial charge in [-0.1, -0.05) is 6.42 Å². The normalized spacial score (nSPS) is 29.3. The molecule has 1 heterocycles. The number of hydrogen-bond acceptors (Lipinski definition) is 3. The van der Waals surface area contributed by atoms with Crippen molar-refractivity contribution in [3.63, 3.8) is 0 Å². The lowest BCUT2D eigenvalue weighted by molar-refractivity contribution is -0.142. The van der Waals surface area contributed by atoms with Crippen LogP contribution in [0.15, 0.2) is 0 Å². The molecule has 1 saturated heterocycles. The molecule has 0 spiro atoms. The van der Waals surface area contributed by atoms with Gasteiger partial charge in [0, 0.05) is 18.5 Å². The molecule has 1 aliphatic heterocycles. The van der Waals surface area contributed by atoms with Crippen molar-refractivity contribution in [2.45, 2.75) is 51.5 Å². The summed E-state index contributed by atoms with van der Waals surface area (Å²) in [5.74, 6) is -0.576. The number of piperidine rings is 1. The third-order valence-electron chi connectivity index (χ3n) is 4.57. The summed E-state index contributed by atoms with van der Waals surface area (Å²) < 4.78 is 0. The van der Waals surface area contributed by atoms with Gasteiger partial charge in [-0.2, -0.15) is 0 Å². The highest BCUT2D eigenvalue weighted by atomic mass is 16.4. The number of nitrogens with one attached hydrogen (secondary N) is 2.